The standard InChI is InChI=1S/C12H13N3O3/c13-5-8-1-2-9(6-14-8)15-7-10-3-4-11(18-10)12(16)17/h1-2,6,10-11,15H,3-4,7H2,(H,16,17). The molecule has 6 nitrogen and oxygen atoms in total. The molecule has 0 amide bonds. The summed E-state index contributed by atoms with van der Waals surface area (Å²) in [5.74, 6) is -0.905. The number of nitrogens with one attached hydrogen (secondary N) is 1. The van der Waals surface area contributed by atoms with Gasteiger partial charge in [0.2, 0.25) is 0 Å². The molecule has 2 heterocycles. The zero-order valence-electron chi connectivity index (χ0n) is 9.67. The van der Waals surface area contributed by atoms with E-state index in [-0.39, 0.29) is 6.10 Å². The van der Waals surface area contributed by atoms with Gasteiger partial charge < -0.3 is 15.2 Å². The van der Waals surface area contributed by atoms with Crippen LogP contribution in [0.2, 0.25) is 0 Å². The number of ether oxygens (including phenoxy) is 1. The Labute approximate surface area is 104 Å². The van der Waals surface area contributed by atoms with Gasteiger partial charge in [0.15, 0.2) is 6.10 Å². The van der Waals surface area contributed by atoms with Crippen LogP contribution in [0, 0.1) is 11.3 Å². The van der Waals surface area contributed by atoms with E-state index in [1.807, 2.05) is 6.07 Å². The number of rotatable bonds is 4. The Morgan fingerprint density at radius 1 is 1.61 bits per heavy atom. The van der Waals surface area contributed by atoms with Crippen LogP contribution in [0.15, 0.2) is 18.3 Å². The Kier molecular flexibility index (Phi) is 3.75. The average Bonchev–Trinajstić information content (AvgIpc) is 2.86. The second-order valence-corrected chi connectivity index (χ2v) is 4.09. The molecule has 0 aromatic carbocycles. The number of aromatic nitrogens is 1. The number of nitriles is 1. The first-order valence-corrected chi connectivity index (χ1v) is 5.67. The first-order valence-electron chi connectivity index (χ1n) is 5.67. The van der Waals surface area contributed by atoms with Crippen LogP contribution in [0.1, 0.15) is 18.5 Å². The molecule has 0 radical (unpaired) electrons. The SMILES string of the molecule is N#Cc1ccc(NCC2CCC(C(=O)O)O2)cn1. The fourth-order valence-corrected chi connectivity index (χ4v) is 1.83. The van der Waals surface area contributed by atoms with Crippen LogP contribution >= 0.6 is 0 Å². The number of aliphatic carboxylic acids is 1. The van der Waals surface area contributed by atoms with Crippen LogP contribution in [-0.2, 0) is 9.53 Å². The van der Waals surface area contributed by atoms with E-state index in [1.165, 1.54) is 0 Å². The third-order valence-electron chi connectivity index (χ3n) is 2.79. The highest BCUT2D eigenvalue weighted by molar-refractivity contribution is 5.72. The molecule has 2 rings (SSSR count). The van der Waals surface area contributed by atoms with Crippen molar-refractivity contribution in [2.24, 2.45) is 0 Å². The molecule has 1 aromatic rings. The topological polar surface area (TPSA) is 95.2 Å². The van der Waals surface area contributed by atoms with E-state index in [4.69, 9.17) is 15.1 Å². The van der Waals surface area contributed by atoms with Crippen LogP contribution in [0.25, 0.3) is 0 Å². The number of carboxylic acids is 1. The first-order chi connectivity index (χ1) is 8.69. The molecule has 0 spiro atoms. The number of anilines is 1. The molecule has 2 N–H and O–H groups in total. The van der Waals surface area contributed by atoms with Gasteiger partial charge in [-0.2, -0.15) is 5.26 Å². The van der Waals surface area contributed by atoms with Gasteiger partial charge in [0, 0.05) is 6.54 Å². The number of carboxylic acid groups (broad SMARTS) is 1. The summed E-state index contributed by atoms with van der Waals surface area (Å²) in [6, 6.07) is 5.32. The van der Waals surface area contributed by atoms with Crippen molar-refractivity contribution in [1.82, 2.24) is 4.98 Å². The molecule has 1 saturated heterocycles. The minimum atomic E-state index is -0.905. The number of nitrogens with zero attached hydrogens (tertiary/aromatic N) is 2. The predicted molar refractivity (Wildman–Crippen MR) is 63.0 cm³/mol. The summed E-state index contributed by atoms with van der Waals surface area (Å²) < 4.78 is 5.35. The zero-order valence-corrected chi connectivity index (χ0v) is 9.67. The summed E-state index contributed by atoms with van der Waals surface area (Å²) in [5.41, 5.74) is 1.15. The minimum Gasteiger partial charge on any atom is -0.479 e. The lowest BCUT2D eigenvalue weighted by atomic mass is 10.2. The number of hydrogen-bond donors (Lipinski definition) is 2. The molecule has 2 atom stereocenters. The van der Waals surface area contributed by atoms with Crippen LogP contribution in [0.4, 0.5) is 5.69 Å². The normalized spacial score (nSPS) is 22.4. The molecule has 94 valence electrons. The van der Waals surface area contributed by atoms with E-state index < -0.39 is 12.1 Å². The van der Waals surface area contributed by atoms with Gasteiger partial charge in [-0.3, -0.25) is 0 Å². The van der Waals surface area contributed by atoms with Crippen molar-refractivity contribution in [1.29, 1.82) is 5.26 Å². The quantitative estimate of drug-likeness (QED) is 0.824. The molecular weight excluding hydrogens is 234 g/mol. The highest BCUT2D eigenvalue weighted by Crippen LogP contribution is 2.20. The zero-order chi connectivity index (χ0) is 13.0. The first kappa shape index (κ1) is 12.3. The molecule has 1 aromatic heterocycles. The Morgan fingerprint density at radius 3 is 3.00 bits per heavy atom. The van der Waals surface area contributed by atoms with E-state index in [0.717, 1.165) is 12.1 Å². The van der Waals surface area contributed by atoms with Gasteiger partial charge >= 0.3 is 5.97 Å². The lowest BCUT2D eigenvalue weighted by Crippen LogP contribution is -2.24. The van der Waals surface area contributed by atoms with Crippen molar-refractivity contribution in [3.8, 4) is 6.07 Å². The van der Waals surface area contributed by atoms with Crippen molar-refractivity contribution in [3.63, 3.8) is 0 Å². The summed E-state index contributed by atoms with van der Waals surface area (Å²) in [6.45, 7) is 0.539. The molecule has 0 aliphatic carbocycles. The van der Waals surface area contributed by atoms with Crippen LogP contribution in [0.5, 0.6) is 0 Å². The maximum atomic E-state index is 10.7. The van der Waals surface area contributed by atoms with Crippen LogP contribution in [0.3, 0.4) is 0 Å². The monoisotopic (exact) mass is 247 g/mol. The summed E-state index contributed by atoms with van der Waals surface area (Å²) in [4.78, 5) is 14.6. The molecule has 1 aliphatic rings. The third-order valence-corrected chi connectivity index (χ3v) is 2.79. The Balaban J connectivity index is 1.82. The summed E-state index contributed by atoms with van der Waals surface area (Å²) in [6.07, 6.45) is 2.07. The molecule has 2 unspecified atom stereocenters. The van der Waals surface area contributed by atoms with E-state index in [0.29, 0.717) is 18.7 Å². The number of carbonyl (C=O) groups is 1. The van der Waals surface area contributed by atoms with Gasteiger partial charge in [-0.05, 0) is 25.0 Å². The molecule has 18 heavy (non-hydrogen) atoms. The van der Waals surface area contributed by atoms with Crippen molar-refractivity contribution in [3.05, 3.63) is 24.0 Å². The number of hydrogen-bond acceptors (Lipinski definition) is 5. The summed E-state index contributed by atoms with van der Waals surface area (Å²) in [7, 11) is 0. The number of pyridine rings is 1. The fourth-order valence-electron chi connectivity index (χ4n) is 1.83. The average molecular weight is 247 g/mol. The summed E-state index contributed by atoms with van der Waals surface area (Å²) in [5, 5.41) is 20.5. The molecule has 1 fully saturated rings. The molecule has 6 heteroatoms. The molecule has 1 aliphatic heterocycles. The van der Waals surface area contributed by atoms with E-state index >= 15 is 0 Å². The van der Waals surface area contributed by atoms with E-state index in [1.54, 1.807) is 18.3 Å². The van der Waals surface area contributed by atoms with Gasteiger partial charge in [0.25, 0.3) is 0 Å². The predicted octanol–water partition coefficient (Wildman–Crippen LogP) is 0.997. The van der Waals surface area contributed by atoms with E-state index in [2.05, 4.69) is 10.3 Å². The van der Waals surface area contributed by atoms with Crippen molar-refractivity contribution >= 4 is 11.7 Å². The smallest absolute Gasteiger partial charge is 0.332 e. The van der Waals surface area contributed by atoms with Gasteiger partial charge in [-0.25, -0.2) is 9.78 Å². The van der Waals surface area contributed by atoms with Gasteiger partial charge in [0.05, 0.1) is 18.0 Å². The maximum Gasteiger partial charge on any atom is 0.332 e. The highest BCUT2D eigenvalue weighted by Gasteiger charge is 2.30. The van der Waals surface area contributed by atoms with Crippen LogP contribution < -0.4 is 5.32 Å². The third kappa shape index (κ3) is 2.96. The van der Waals surface area contributed by atoms with Gasteiger partial charge in [-0.15, -0.1) is 0 Å². The van der Waals surface area contributed by atoms with Crippen molar-refractivity contribution in [2.45, 2.75) is 25.0 Å². The fraction of sp³-hybridized carbons (Fsp3) is 0.417. The van der Waals surface area contributed by atoms with Crippen molar-refractivity contribution < 1.29 is 14.6 Å². The minimum absolute atomic E-state index is 0.0956. The molecule has 0 bridgehead atoms. The van der Waals surface area contributed by atoms with E-state index in [9.17, 15) is 4.79 Å². The highest BCUT2D eigenvalue weighted by atomic mass is 16.5. The Bertz CT molecular complexity index is 466. The van der Waals surface area contributed by atoms with Crippen LogP contribution in [-0.4, -0.2) is 34.8 Å². The second-order valence-electron chi connectivity index (χ2n) is 4.09. The summed E-state index contributed by atoms with van der Waals surface area (Å²) >= 11 is 0. The lowest BCUT2D eigenvalue weighted by molar-refractivity contribution is -0.149. The lowest BCUT2D eigenvalue weighted by Gasteiger charge is -2.12. The maximum absolute atomic E-state index is 10.7. The largest absolute Gasteiger partial charge is 0.479 e. The molecular formula is C12H13N3O3. The second kappa shape index (κ2) is 5.47. The Morgan fingerprint density at radius 2 is 2.44 bits per heavy atom. The van der Waals surface area contributed by atoms with Crippen molar-refractivity contribution in [2.75, 3.05) is 11.9 Å². The Hall–Kier alpha value is -2.13. The van der Waals surface area contributed by atoms with Gasteiger partial charge in [-0.1, -0.05) is 0 Å². The van der Waals surface area contributed by atoms with Gasteiger partial charge in [0.1, 0.15) is 11.8 Å². The molecule has 0 saturated carbocycles.